The molecule has 0 heterocycles. The maximum atomic E-state index is 11.0. The second-order valence-electron chi connectivity index (χ2n) is 3.13. The van der Waals surface area contributed by atoms with E-state index in [2.05, 4.69) is 23.4 Å². The van der Waals surface area contributed by atoms with Crippen LogP contribution in [0.1, 0.15) is 0 Å². The highest BCUT2D eigenvalue weighted by molar-refractivity contribution is 7.80. The van der Waals surface area contributed by atoms with Crippen molar-refractivity contribution >= 4 is 18.5 Å². The molecule has 1 amide bonds. The number of rotatable bonds is 4. The van der Waals surface area contributed by atoms with Crippen LogP contribution in [-0.4, -0.2) is 44.1 Å². The Balaban J connectivity index is 3.53. The highest BCUT2D eigenvalue weighted by Gasteiger charge is 2.10. The van der Waals surface area contributed by atoms with Gasteiger partial charge in [-0.15, -0.1) is 0 Å². The van der Waals surface area contributed by atoms with Crippen molar-refractivity contribution in [2.45, 2.75) is 0 Å². The van der Waals surface area contributed by atoms with E-state index >= 15 is 0 Å². The lowest BCUT2D eigenvalue weighted by Gasteiger charge is -2.23. The zero-order chi connectivity index (χ0) is 8.91. The summed E-state index contributed by atoms with van der Waals surface area (Å²) in [5, 5.41) is 2.81. The van der Waals surface area contributed by atoms with Crippen LogP contribution in [0.2, 0.25) is 0 Å². The molecule has 0 aliphatic heterocycles. The maximum absolute atomic E-state index is 11.0. The number of nitrogens with one attached hydrogen (secondary N) is 2. The predicted octanol–water partition coefficient (Wildman–Crippen LogP) is -0.799. The van der Waals surface area contributed by atoms with Crippen molar-refractivity contribution in [1.82, 2.24) is 10.7 Å². The summed E-state index contributed by atoms with van der Waals surface area (Å²) in [6.45, 7) is 0.318. The molecular weight excluding hydrogens is 162 g/mol. The molecule has 0 spiro atoms. The third kappa shape index (κ3) is 7.64. The summed E-state index contributed by atoms with van der Waals surface area (Å²) in [6.07, 6.45) is 0. The highest BCUT2D eigenvalue weighted by atomic mass is 32.1. The lowest BCUT2D eigenvalue weighted by Crippen LogP contribution is -2.53. The van der Waals surface area contributed by atoms with E-state index in [1.54, 1.807) is 0 Å². The minimum Gasteiger partial charge on any atom is -0.299 e. The zero-order valence-electron chi connectivity index (χ0n) is 7.22. The van der Waals surface area contributed by atoms with Gasteiger partial charge in [-0.2, -0.15) is 12.6 Å². The third-order valence-electron chi connectivity index (χ3n) is 0.857. The van der Waals surface area contributed by atoms with E-state index in [0.717, 1.165) is 0 Å². The van der Waals surface area contributed by atoms with Gasteiger partial charge in [0.25, 0.3) is 5.91 Å². The van der Waals surface area contributed by atoms with Gasteiger partial charge in [-0.1, -0.05) is 0 Å². The first kappa shape index (κ1) is 10.7. The highest BCUT2D eigenvalue weighted by Crippen LogP contribution is 1.80. The number of carbonyl (C=O) groups is 1. The molecular formula is C6H16N3OS+. The maximum Gasteiger partial charge on any atom is 0.278 e. The average molecular weight is 178 g/mol. The minimum absolute atomic E-state index is 0.0217. The molecule has 0 fully saturated rings. The molecule has 66 valence electrons. The molecule has 0 aromatic carbocycles. The Hall–Kier alpha value is -0.260. The molecule has 0 aromatic heterocycles. The van der Waals surface area contributed by atoms with Crippen molar-refractivity contribution < 1.29 is 9.39 Å². The minimum atomic E-state index is -0.0217. The van der Waals surface area contributed by atoms with Crippen molar-refractivity contribution in [2.75, 3.05) is 33.6 Å². The Kier molecular flexibility index (Phi) is 4.48. The smallest absolute Gasteiger partial charge is 0.278 e. The monoisotopic (exact) mass is 178 g/mol. The molecule has 11 heavy (non-hydrogen) atoms. The van der Waals surface area contributed by atoms with Gasteiger partial charge < -0.3 is 0 Å². The molecule has 0 unspecified atom stereocenters. The molecule has 2 N–H and O–H groups in total. The Morgan fingerprint density at radius 1 is 1.45 bits per heavy atom. The summed E-state index contributed by atoms with van der Waals surface area (Å²) in [5.41, 5.74) is 2.76. The quantitative estimate of drug-likeness (QED) is 0.228. The fraction of sp³-hybridized carbons (Fsp3) is 0.833. The van der Waals surface area contributed by atoms with E-state index in [0.29, 0.717) is 17.0 Å². The number of hydrogen-bond acceptors (Lipinski definition) is 3. The van der Waals surface area contributed by atoms with Gasteiger partial charge in [0.15, 0.2) is 0 Å². The predicted molar refractivity (Wildman–Crippen MR) is 48.0 cm³/mol. The van der Waals surface area contributed by atoms with Crippen molar-refractivity contribution in [1.29, 1.82) is 0 Å². The van der Waals surface area contributed by atoms with Crippen molar-refractivity contribution in [2.24, 2.45) is 0 Å². The van der Waals surface area contributed by atoms with Gasteiger partial charge in [0.2, 0.25) is 0 Å². The van der Waals surface area contributed by atoms with E-state index in [1.807, 2.05) is 21.1 Å². The van der Waals surface area contributed by atoms with Gasteiger partial charge in [0.1, 0.15) is 0 Å². The molecule has 0 saturated heterocycles. The zero-order valence-corrected chi connectivity index (χ0v) is 8.11. The fourth-order valence-corrected chi connectivity index (χ4v) is 0.695. The van der Waals surface area contributed by atoms with E-state index in [-0.39, 0.29) is 5.91 Å². The van der Waals surface area contributed by atoms with Crippen molar-refractivity contribution in [3.63, 3.8) is 0 Å². The fourth-order valence-electron chi connectivity index (χ4n) is 0.583. The van der Waals surface area contributed by atoms with E-state index in [1.165, 1.54) is 0 Å². The lowest BCUT2D eigenvalue weighted by molar-refractivity contribution is -0.906. The summed E-state index contributed by atoms with van der Waals surface area (Å²) in [5.74, 6) is 0.497. The van der Waals surface area contributed by atoms with Crippen LogP contribution in [0, 0.1) is 0 Å². The van der Waals surface area contributed by atoms with Gasteiger partial charge in [-0.25, -0.2) is 10.0 Å². The van der Waals surface area contributed by atoms with Gasteiger partial charge in [-0.3, -0.25) is 10.1 Å². The van der Waals surface area contributed by atoms with Gasteiger partial charge >= 0.3 is 0 Å². The number of nitrogens with zero attached hydrogens (tertiary/aromatic N) is 1. The first-order valence-corrected chi connectivity index (χ1v) is 4.03. The van der Waals surface area contributed by atoms with E-state index < -0.39 is 0 Å². The standard InChI is InChI=1S/C6H15N3OS/c1-9(2,3)8-6(10)4-7-5-11/h7H,4-5H2,1-3H3,(H-,8,10,11)/p+1. The number of amides is 1. The molecule has 0 bridgehead atoms. The molecule has 0 aliphatic rings. The summed E-state index contributed by atoms with van der Waals surface area (Å²) in [4.78, 5) is 11.0. The molecule has 0 radical (unpaired) electrons. The number of quaternary nitrogens is 1. The van der Waals surface area contributed by atoms with E-state index in [9.17, 15) is 4.79 Å². The number of carbonyl (C=O) groups excluding carboxylic acids is 1. The molecule has 4 nitrogen and oxygen atoms in total. The van der Waals surface area contributed by atoms with Crippen LogP contribution in [-0.2, 0) is 4.79 Å². The first-order valence-electron chi connectivity index (χ1n) is 3.40. The largest absolute Gasteiger partial charge is 0.299 e. The Morgan fingerprint density at radius 3 is 2.36 bits per heavy atom. The van der Waals surface area contributed by atoms with Crippen molar-refractivity contribution in [3.05, 3.63) is 0 Å². The van der Waals surface area contributed by atoms with Crippen LogP contribution in [0.5, 0.6) is 0 Å². The Morgan fingerprint density at radius 2 is 2.00 bits per heavy atom. The average Bonchev–Trinajstić information content (AvgIpc) is 1.79. The number of thiol groups is 1. The van der Waals surface area contributed by atoms with Crippen LogP contribution in [0.15, 0.2) is 0 Å². The molecule has 0 saturated carbocycles. The third-order valence-corrected chi connectivity index (χ3v) is 1.08. The molecule has 5 heteroatoms. The summed E-state index contributed by atoms with van der Waals surface area (Å²) >= 11 is 3.91. The van der Waals surface area contributed by atoms with Gasteiger partial charge in [0, 0.05) is 5.88 Å². The van der Waals surface area contributed by atoms with Crippen LogP contribution >= 0.6 is 12.6 Å². The van der Waals surface area contributed by atoms with Crippen LogP contribution in [0.25, 0.3) is 0 Å². The normalized spacial score (nSPS) is 11.3. The topological polar surface area (TPSA) is 41.1 Å². The van der Waals surface area contributed by atoms with Crippen LogP contribution in [0.4, 0.5) is 0 Å². The summed E-state index contributed by atoms with van der Waals surface area (Å²) in [7, 11) is 5.66. The molecule has 0 atom stereocenters. The molecule has 0 aromatic rings. The molecule has 0 rings (SSSR count). The van der Waals surface area contributed by atoms with E-state index in [4.69, 9.17) is 0 Å². The second kappa shape index (κ2) is 4.58. The summed E-state index contributed by atoms with van der Waals surface area (Å²) in [6, 6.07) is 0. The van der Waals surface area contributed by atoms with Crippen LogP contribution < -0.4 is 10.7 Å². The second-order valence-corrected chi connectivity index (χ2v) is 3.45. The Labute approximate surface area is 72.9 Å². The molecule has 0 aliphatic carbocycles. The van der Waals surface area contributed by atoms with Crippen LogP contribution in [0.3, 0.4) is 0 Å². The van der Waals surface area contributed by atoms with Gasteiger partial charge in [-0.05, 0) is 0 Å². The van der Waals surface area contributed by atoms with Gasteiger partial charge in [0.05, 0.1) is 27.7 Å². The lowest BCUT2D eigenvalue weighted by atomic mass is 10.6. The van der Waals surface area contributed by atoms with Crippen molar-refractivity contribution in [3.8, 4) is 0 Å². The Bertz CT molecular complexity index is 132. The SMILES string of the molecule is C[N+](C)(C)NC(=O)CNCS. The summed E-state index contributed by atoms with van der Waals surface area (Å²) < 4.78 is 0.438. The first-order chi connectivity index (χ1) is 4.95. The number of hydrogen-bond donors (Lipinski definition) is 3.